The average molecular weight is 286 g/mol. The maximum absolute atomic E-state index is 13.5. The Balaban J connectivity index is 1.87. The quantitative estimate of drug-likeness (QED) is 0.915. The lowest BCUT2D eigenvalue weighted by Gasteiger charge is -2.16. The fourth-order valence-electron chi connectivity index (χ4n) is 2.06. The van der Waals surface area contributed by atoms with Crippen LogP contribution in [0.4, 0.5) is 10.1 Å². The molecule has 3 nitrogen and oxygen atoms in total. The number of carbonyl (C=O) groups excluding carboxylic acids is 1. The highest BCUT2D eigenvalue weighted by atomic mass is 19.1. The van der Waals surface area contributed by atoms with Crippen LogP contribution in [-0.4, -0.2) is 24.4 Å². The highest BCUT2D eigenvalue weighted by Crippen LogP contribution is 2.10. The van der Waals surface area contributed by atoms with Crippen LogP contribution in [0.5, 0.6) is 0 Å². The van der Waals surface area contributed by atoms with Crippen molar-refractivity contribution in [2.24, 2.45) is 0 Å². The lowest BCUT2D eigenvalue weighted by atomic mass is 10.2. The summed E-state index contributed by atoms with van der Waals surface area (Å²) in [7, 11) is 1.79. The number of halogens is 1. The van der Waals surface area contributed by atoms with Gasteiger partial charge in [-0.1, -0.05) is 35.9 Å². The first-order valence-corrected chi connectivity index (χ1v) is 6.83. The molecular formula is C17H19FN2O. The SMILES string of the molecule is Cc1ccc(NC(=O)CN(C)Cc2ccccc2F)cc1. The summed E-state index contributed by atoms with van der Waals surface area (Å²) in [4.78, 5) is 13.7. The van der Waals surface area contributed by atoms with Crippen molar-refractivity contribution in [2.45, 2.75) is 13.5 Å². The summed E-state index contributed by atoms with van der Waals surface area (Å²) in [5.41, 5.74) is 2.50. The summed E-state index contributed by atoms with van der Waals surface area (Å²) < 4.78 is 13.5. The van der Waals surface area contributed by atoms with Crippen LogP contribution in [0.2, 0.25) is 0 Å². The molecule has 0 aliphatic rings. The van der Waals surface area contributed by atoms with E-state index in [9.17, 15) is 9.18 Å². The average Bonchev–Trinajstić information content (AvgIpc) is 2.44. The number of hydrogen-bond donors (Lipinski definition) is 1. The number of nitrogens with zero attached hydrogens (tertiary/aromatic N) is 1. The molecule has 0 aliphatic carbocycles. The Labute approximate surface area is 124 Å². The second-order valence-electron chi connectivity index (χ2n) is 5.18. The van der Waals surface area contributed by atoms with Crippen LogP contribution in [0.3, 0.4) is 0 Å². The van der Waals surface area contributed by atoms with E-state index in [1.54, 1.807) is 30.1 Å². The Kier molecular flexibility index (Phi) is 5.06. The number of carbonyl (C=O) groups is 1. The number of benzene rings is 2. The zero-order chi connectivity index (χ0) is 15.2. The molecule has 0 radical (unpaired) electrons. The Morgan fingerprint density at radius 1 is 1.14 bits per heavy atom. The Bertz CT molecular complexity index is 610. The summed E-state index contributed by atoms with van der Waals surface area (Å²) in [6.07, 6.45) is 0. The molecular weight excluding hydrogens is 267 g/mol. The van der Waals surface area contributed by atoms with Gasteiger partial charge in [-0.3, -0.25) is 9.69 Å². The molecule has 110 valence electrons. The molecule has 0 aliphatic heterocycles. The molecule has 0 unspecified atom stereocenters. The van der Waals surface area contributed by atoms with Crippen molar-refractivity contribution >= 4 is 11.6 Å². The van der Waals surface area contributed by atoms with Gasteiger partial charge in [-0.05, 0) is 32.2 Å². The van der Waals surface area contributed by atoms with E-state index in [2.05, 4.69) is 5.32 Å². The number of aryl methyl sites for hydroxylation is 1. The Hall–Kier alpha value is -2.20. The van der Waals surface area contributed by atoms with E-state index in [0.29, 0.717) is 12.1 Å². The van der Waals surface area contributed by atoms with Crippen molar-refractivity contribution < 1.29 is 9.18 Å². The highest BCUT2D eigenvalue weighted by molar-refractivity contribution is 5.92. The largest absolute Gasteiger partial charge is 0.325 e. The molecule has 0 saturated heterocycles. The molecule has 0 bridgehead atoms. The first kappa shape index (κ1) is 15.2. The zero-order valence-electron chi connectivity index (χ0n) is 12.3. The van der Waals surface area contributed by atoms with Gasteiger partial charge in [-0.15, -0.1) is 0 Å². The van der Waals surface area contributed by atoms with E-state index < -0.39 is 0 Å². The van der Waals surface area contributed by atoms with Gasteiger partial charge < -0.3 is 5.32 Å². The van der Waals surface area contributed by atoms with Crippen molar-refractivity contribution in [3.8, 4) is 0 Å². The molecule has 2 aromatic rings. The third kappa shape index (κ3) is 4.68. The molecule has 0 fully saturated rings. The molecule has 1 amide bonds. The monoisotopic (exact) mass is 286 g/mol. The minimum atomic E-state index is -0.247. The lowest BCUT2D eigenvalue weighted by Crippen LogP contribution is -2.30. The van der Waals surface area contributed by atoms with Gasteiger partial charge in [0.15, 0.2) is 0 Å². The van der Waals surface area contributed by atoms with Gasteiger partial charge >= 0.3 is 0 Å². The van der Waals surface area contributed by atoms with Gasteiger partial charge in [0, 0.05) is 17.8 Å². The van der Waals surface area contributed by atoms with E-state index >= 15 is 0 Å². The van der Waals surface area contributed by atoms with Gasteiger partial charge in [0.1, 0.15) is 5.82 Å². The fourth-order valence-corrected chi connectivity index (χ4v) is 2.06. The number of amides is 1. The van der Waals surface area contributed by atoms with Gasteiger partial charge in [-0.2, -0.15) is 0 Å². The van der Waals surface area contributed by atoms with E-state index in [1.165, 1.54) is 6.07 Å². The molecule has 0 atom stereocenters. The molecule has 1 N–H and O–H groups in total. The molecule has 0 heterocycles. The normalized spacial score (nSPS) is 10.7. The van der Waals surface area contributed by atoms with Crippen LogP contribution in [-0.2, 0) is 11.3 Å². The van der Waals surface area contributed by atoms with Crippen molar-refractivity contribution in [1.82, 2.24) is 4.90 Å². The van der Waals surface area contributed by atoms with Crippen LogP contribution in [0, 0.1) is 12.7 Å². The highest BCUT2D eigenvalue weighted by Gasteiger charge is 2.09. The maximum Gasteiger partial charge on any atom is 0.238 e. The molecule has 21 heavy (non-hydrogen) atoms. The van der Waals surface area contributed by atoms with Gasteiger partial charge in [0.05, 0.1) is 6.54 Å². The van der Waals surface area contributed by atoms with Crippen molar-refractivity contribution in [2.75, 3.05) is 18.9 Å². The second kappa shape index (κ2) is 6.99. The zero-order valence-corrected chi connectivity index (χ0v) is 12.3. The van der Waals surface area contributed by atoms with E-state index in [-0.39, 0.29) is 18.3 Å². The van der Waals surface area contributed by atoms with Gasteiger partial charge in [0.25, 0.3) is 0 Å². The number of rotatable bonds is 5. The molecule has 0 saturated carbocycles. The van der Waals surface area contributed by atoms with Gasteiger partial charge in [0.2, 0.25) is 5.91 Å². The van der Waals surface area contributed by atoms with Crippen LogP contribution in [0.25, 0.3) is 0 Å². The molecule has 0 spiro atoms. The van der Waals surface area contributed by atoms with E-state index in [4.69, 9.17) is 0 Å². The Morgan fingerprint density at radius 2 is 1.81 bits per heavy atom. The van der Waals surface area contributed by atoms with Crippen LogP contribution in [0.15, 0.2) is 48.5 Å². The minimum Gasteiger partial charge on any atom is -0.325 e. The number of hydrogen-bond acceptors (Lipinski definition) is 2. The molecule has 0 aromatic heterocycles. The molecule has 4 heteroatoms. The fraction of sp³-hybridized carbons (Fsp3) is 0.235. The smallest absolute Gasteiger partial charge is 0.238 e. The topological polar surface area (TPSA) is 32.3 Å². The number of anilines is 1. The predicted octanol–water partition coefficient (Wildman–Crippen LogP) is 3.20. The van der Waals surface area contributed by atoms with Gasteiger partial charge in [-0.25, -0.2) is 4.39 Å². The summed E-state index contributed by atoms with van der Waals surface area (Å²) in [6, 6.07) is 14.2. The third-order valence-corrected chi connectivity index (χ3v) is 3.15. The summed E-state index contributed by atoms with van der Waals surface area (Å²) in [6.45, 7) is 2.60. The first-order chi connectivity index (χ1) is 10.0. The summed E-state index contributed by atoms with van der Waals surface area (Å²) in [5.74, 6) is -0.360. The van der Waals surface area contributed by atoms with Crippen molar-refractivity contribution in [3.05, 3.63) is 65.5 Å². The third-order valence-electron chi connectivity index (χ3n) is 3.15. The number of nitrogens with one attached hydrogen (secondary N) is 1. The van der Waals surface area contributed by atoms with Crippen molar-refractivity contribution in [3.63, 3.8) is 0 Å². The minimum absolute atomic E-state index is 0.113. The lowest BCUT2D eigenvalue weighted by molar-refractivity contribution is -0.117. The van der Waals surface area contributed by atoms with Crippen molar-refractivity contribution in [1.29, 1.82) is 0 Å². The van der Waals surface area contributed by atoms with E-state index in [1.807, 2.05) is 31.2 Å². The molecule has 2 aromatic carbocycles. The van der Waals surface area contributed by atoms with Crippen LogP contribution in [0.1, 0.15) is 11.1 Å². The number of likely N-dealkylation sites (N-methyl/N-ethyl adjacent to an activating group) is 1. The summed E-state index contributed by atoms with van der Waals surface area (Å²) >= 11 is 0. The first-order valence-electron chi connectivity index (χ1n) is 6.83. The van der Waals surface area contributed by atoms with Crippen LogP contribution >= 0.6 is 0 Å². The second-order valence-corrected chi connectivity index (χ2v) is 5.18. The predicted molar refractivity (Wildman–Crippen MR) is 82.5 cm³/mol. The molecule has 2 rings (SSSR count). The van der Waals surface area contributed by atoms with Crippen LogP contribution < -0.4 is 5.32 Å². The van der Waals surface area contributed by atoms with E-state index in [0.717, 1.165) is 11.3 Å². The standard InChI is InChI=1S/C17H19FN2O/c1-13-7-9-15(10-8-13)19-17(21)12-20(2)11-14-5-3-4-6-16(14)18/h3-10H,11-12H2,1-2H3,(H,19,21). The summed E-state index contributed by atoms with van der Waals surface area (Å²) in [5, 5.41) is 2.83. The Morgan fingerprint density at radius 3 is 2.48 bits per heavy atom. The maximum atomic E-state index is 13.5.